The second-order valence-electron chi connectivity index (χ2n) is 5.81. The molecule has 2 fully saturated rings. The molecule has 0 spiro atoms. The van der Waals surface area contributed by atoms with Gasteiger partial charge in [-0.25, -0.2) is 8.42 Å². The standard InChI is InChI=1S/C13H28N4O2S/c1-3-13-12-17(9-8-15(13)2)20(18,19)11-10-16-6-4-14-5-7-16/h13-14H,3-12H2,1-2H3. The number of likely N-dealkylation sites (N-methyl/N-ethyl adjacent to an activating group) is 1. The molecule has 0 aromatic carbocycles. The van der Waals surface area contributed by atoms with Crippen molar-refractivity contribution in [3.63, 3.8) is 0 Å². The van der Waals surface area contributed by atoms with Gasteiger partial charge < -0.3 is 10.2 Å². The summed E-state index contributed by atoms with van der Waals surface area (Å²) in [5.74, 6) is 0.257. The van der Waals surface area contributed by atoms with Crippen molar-refractivity contribution in [3.8, 4) is 0 Å². The minimum absolute atomic E-state index is 0.257. The highest BCUT2D eigenvalue weighted by atomic mass is 32.2. The highest BCUT2D eigenvalue weighted by Crippen LogP contribution is 2.14. The normalized spacial score (nSPS) is 27.8. The van der Waals surface area contributed by atoms with Gasteiger partial charge in [-0.3, -0.25) is 4.90 Å². The Morgan fingerprint density at radius 2 is 1.85 bits per heavy atom. The summed E-state index contributed by atoms with van der Waals surface area (Å²) in [6, 6.07) is 0.359. The van der Waals surface area contributed by atoms with Gasteiger partial charge >= 0.3 is 0 Å². The van der Waals surface area contributed by atoms with Crippen LogP contribution in [0, 0.1) is 0 Å². The van der Waals surface area contributed by atoms with Gasteiger partial charge in [-0.1, -0.05) is 6.92 Å². The van der Waals surface area contributed by atoms with E-state index in [-0.39, 0.29) is 5.75 Å². The topological polar surface area (TPSA) is 55.9 Å². The maximum atomic E-state index is 12.5. The van der Waals surface area contributed by atoms with Crippen molar-refractivity contribution in [2.24, 2.45) is 0 Å². The smallest absolute Gasteiger partial charge is 0.215 e. The Balaban J connectivity index is 1.86. The molecule has 0 aromatic rings. The average Bonchev–Trinajstić information content (AvgIpc) is 2.46. The summed E-state index contributed by atoms with van der Waals surface area (Å²) in [4.78, 5) is 4.50. The monoisotopic (exact) mass is 304 g/mol. The first kappa shape index (κ1) is 16.2. The molecule has 1 atom stereocenters. The third-order valence-corrected chi connectivity index (χ3v) is 6.30. The predicted octanol–water partition coefficient (Wildman–Crippen LogP) is -0.753. The first-order chi connectivity index (χ1) is 9.53. The van der Waals surface area contributed by atoms with Crippen LogP contribution in [0.15, 0.2) is 0 Å². The summed E-state index contributed by atoms with van der Waals surface area (Å²) in [6.45, 7) is 8.74. The van der Waals surface area contributed by atoms with Gasteiger partial charge in [-0.05, 0) is 13.5 Å². The minimum Gasteiger partial charge on any atom is -0.314 e. The fourth-order valence-electron chi connectivity index (χ4n) is 2.92. The van der Waals surface area contributed by atoms with Gasteiger partial charge in [-0.15, -0.1) is 0 Å². The van der Waals surface area contributed by atoms with E-state index in [1.165, 1.54) is 0 Å². The van der Waals surface area contributed by atoms with Crippen LogP contribution in [0.25, 0.3) is 0 Å². The Bertz CT molecular complexity index is 395. The molecule has 6 nitrogen and oxygen atoms in total. The molecule has 7 heteroatoms. The van der Waals surface area contributed by atoms with E-state index in [0.29, 0.717) is 25.7 Å². The number of rotatable bonds is 5. The van der Waals surface area contributed by atoms with Crippen LogP contribution in [-0.2, 0) is 10.0 Å². The predicted molar refractivity (Wildman–Crippen MR) is 81.4 cm³/mol. The lowest BCUT2D eigenvalue weighted by Gasteiger charge is -2.38. The molecule has 2 rings (SSSR count). The van der Waals surface area contributed by atoms with Gasteiger partial charge in [0.1, 0.15) is 0 Å². The molecule has 0 bridgehead atoms. The van der Waals surface area contributed by atoms with Crippen molar-refractivity contribution in [1.29, 1.82) is 0 Å². The Morgan fingerprint density at radius 1 is 1.15 bits per heavy atom. The summed E-state index contributed by atoms with van der Waals surface area (Å²) >= 11 is 0. The number of hydrogen-bond donors (Lipinski definition) is 1. The zero-order chi connectivity index (χ0) is 14.6. The number of sulfonamides is 1. The van der Waals surface area contributed by atoms with E-state index in [9.17, 15) is 8.42 Å². The first-order valence-electron chi connectivity index (χ1n) is 7.64. The van der Waals surface area contributed by atoms with Gasteiger partial charge in [0.25, 0.3) is 0 Å². The lowest BCUT2D eigenvalue weighted by molar-refractivity contribution is 0.143. The second-order valence-corrected chi connectivity index (χ2v) is 7.90. The summed E-state index contributed by atoms with van der Waals surface area (Å²) in [7, 11) is -1.02. The molecule has 118 valence electrons. The van der Waals surface area contributed by atoms with Crippen molar-refractivity contribution in [2.75, 3.05) is 65.2 Å². The van der Waals surface area contributed by atoms with E-state index in [2.05, 4.69) is 29.1 Å². The van der Waals surface area contributed by atoms with Crippen LogP contribution in [0.3, 0.4) is 0 Å². The summed E-state index contributed by atoms with van der Waals surface area (Å²) < 4.78 is 26.6. The Morgan fingerprint density at radius 3 is 2.50 bits per heavy atom. The third kappa shape index (κ3) is 4.14. The SMILES string of the molecule is CCC1CN(S(=O)(=O)CCN2CCNCC2)CCN1C. The molecule has 2 aliphatic heterocycles. The molecular formula is C13H28N4O2S. The third-order valence-electron chi connectivity index (χ3n) is 4.48. The molecule has 1 unspecified atom stereocenters. The van der Waals surface area contributed by atoms with Gasteiger partial charge in [0.05, 0.1) is 5.75 Å². The minimum atomic E-state index is -3.10. The summed E-state index contributed by atoms with van der Waals surface area (Å²) in [6.07, 6.45) is 1.00. The number of piperazine rings is 2. The Hall–Kier alpha value is -0.210. The lowest BCUT2D eigenvalue weighted by atomic mass is 10.1. The lowest BCUT2D eigenvalue weighted by Crippen LogP contribution is -2.54. The van der Waals surface area contributed by atoms with E-state index in [4.69, 9.17) is 0 Å². The number of hydrogen-bond acceptors (Lipinski definition) is 5. The van der Waals surface area contributed by atoms with Crippen molar-refractivity contribution in [3.05, 3.63) is 0 Å². The molecule has 0 amide bonds. The zero-order valence-corrected chi connectivity index (χ0v) is 13.5. The largest absolute Gasteiger partial charge is 0.314 e. The van der Waals surface area contributed by atoms with Crippen LogP contribution in [0.5, 0.6) is 0 Å². The van der Waals surface area contributed by atoms with Crippen LogP contribution in [0.2, 0.25) is 0 Å². The molecule has 0 radical (unpaired) electrons. The zero-order valence-electron chi connectivity index (χ0n) is 12.7. The highest BCUT2D eigenvalue weighted by Gasteiger charge is 2.30. The van der Waals surface area contributed by atoms with E-state index >= 15 is 0 Å². The molecule has 2 saturated heterocycles. The fraction of sp³-hybridized carbons (Fsp3) is 1.00. The molecular weight excluding hydrogens is 276 g/mol. The average molecular weight is 304 g/mol. The maximum absolute atomic E-state index is 12.5. The van der Waals surface area contributed by atoms with Crippen molar-refractivity contribution in [2.45, 2.75) is 19.4 Å². The van der Waals surface area contributed by atoms with Gasteiger partial charge in [0.2, 0.25) is 10.0 Å². The van der Waals surface area contributed by atoms with Crippen molar-refractivity contribution < 1.29 is 8.42 Å². The van der Waals surface area contributed by atoms with E-state index < -0.39 is 10.0 Å². The number of nitrogens with one attached hydrogen (secondary N) is 1. The van der Waals surface area contributed by atoms with E-state index in [1.807, 2.05) is 0 Å². The van der Waals surface area contributed by atoms with E-state index in [1.54, 1.807) is 4.31 Å². The van der Waals surface area contributed by atoms with Crippen LogP contribution >= 0.6 is 0 Å². The molecule has 1 N–H and O–H groups in total. The van der Waals surface area contributed by atoms with E-state index in [0.717, 1.165) is 39.1 Å². The molecule has 0 aromatic heterocycles. The Kier molecular flexibility index (Phi) is 5.80. The molecule has 0 saturated carbocycles. The van der Waals surface area contributed by atoms with Crippen LogP contribution in [0.4, 0.5) is 0 Å². The molecule has 2 heterocycles. The first-order valence-corrected chi connectivity index (χ1v) is 9.25. The molecule has 20 heavy (non-hydrogen) atoms. The van der Waals surface area contributed by atoms with Crippen LogP contribution in [0.1, 0.15) is 13.3 Å². The summed E-state index contributed by atoms with van der Waals surface area (Å²) in [5.41, 5.74) is 0. The number of nitrogens with zero attached hydrogens (tertiary/aromatic N) is 3. The van der Waals surface area contributed by atoms with Crippen molar-refractivity contribution in [1.82, 2.24) is 19.4 Å². The van der Waals surface area contributed by atoms with Gasteiger partial charge in [0, 0.05) is 58.4 Å². The quantitative estimate of drug-likeness (QED) is 0.724. The van der Waals surface area contributed by atoms with Gasteiger partial charge in [-0.2, -0.15) is 4.31 Å². The van der Waals surface area contributed by atoms with Crippen LogP contribution < -0.4 is 5.32 Å². The van der Waals surface area contributed by atoms with Crippen LogP contribution in [-0.4, -0.2) is 93.7 Å². The second kappa shape index (κ2) is 7.17. The highest BCUT2D eigenvalue weighted by molar-refractivity contribution is 7.89. The fourth-order valence-corrected chi connectivity index (χ4v) is 4.43. The van der Waals surface area contributed by atoms with Gasteiger partial charge in [0.15, 0.2) is 0 Å². The molecule has 2 aliphatic rings. The maximum Gasteiger partial charge on any atom is 0.215 e. The molecule has 0 aliphatic carbocycles. The van der Waals surface area contributed by atoms with Crippen molar-refractivity contribution >= 4 is 10.0 Å². The Labute approximate surface area is 123 Å². The summed E-state index contributed by atoms with van der Waals surface area (Å²) in [5, 5.41) is 3.29.